The molecule has 4 heteroatoms. The second-order valence-electron chi connectivity index (χ2n) is 9.65. The molecule has 0 aromatic carbocycles. The van der Waals surface area contributed by atoms with Gasteiger partial charge in [-0.25, -0.2) is 0 Å². The van der Waals surface area contributed by atoms with E-state index in [4.69, 9.17) is 9.47 Å². The summed E-state index contributed by atoms with van der Waals surface area (Å²) in [5, 5.41) is 0. The molecule has 0 heterocycles. The van der Waals surface area contributed by atoms with Crippen LogP contribution < -0.4 is 0 Å². The summed E-state index contributed by atoms with van der Waals surface area (Å²) in [7, 11) is 0. The number of hydrogen-bond acceptors (Lipinski definition) is 4. The van der Waals surface area contributed by atoms with Gasteiger partial charge in [0.2, 0.25) is 0 Å². The van der Waals surface area contributed by atoms with Crippen LogP contribution in [0.4, 0.5) is 0 Å². The lowest BCUT2D eigenvalue weighted by molar-refractivity contribution is -0.168. The van der Waals surface area contributed by atoms with Gasteiger partial charge in [0.05, 0.1) is 25.0 Å². The third kappa shape index (κ3) is 10.9. The van der Waals surface area contributed by atoms with E-state index in [1.54, 1.807) is 0 Å². The number of carbonyl (C=O) groups excluding carboxylic acids is 2. The molecule has 0 spiro atoms. The Kier molecular flexibility index (Phi) is 15.8. The molecule has 0 radical (unpaired) electrons. The van der Waals surface area contributed by atoms with E-state index < -0.39 is 0 Å². The Hall–Kier alpha value is -1.06. The third-order valence-electron chi connectivity index (χ3n) is 7.05. The van der Waals surface area contributed by atoms with E-state index in [0.29, 0.717) is 13.2 Å². The van der Waals surface area contributed by atoms with Crippen molar-refractivity contribution >= 4 is 11.9 Å². The van der Waals surface area contributed by atoms with Crippen molar-refractivity contribution in [3.63, 3.8) is 0 Å². The lowest BCUT2D eigenvalue weighted by Gasteiger charge is -2.38. The number of unbranched alkanes of at least 4 members (excludes halogenated alkanes) is 10. The molecule has 182 valence electrons. The smallest absolute Gasteiger partial charge is 0.310 e. The highest BCUT2D eigenvalue weighted by atomic mass is 16.5. The summed E-state index contributed by atoms with van der Waals surface area (Å²) >= 11 is 0. The Morgan fingerprint density at radius 3 is 1.58 bits per heavy atom. The molecule has 4 nitrogen and oxygen atoms in total. The molecule has 0 aliphatic heterocycles. The van der Waals surface area contributed by atoms with Gasteiger partial charge in [-0.2, -0.15) is 0 Å². The molecule has 1 aliphatic rings. The fourth-order valence-corrected chi connectivity index (χ4v) is 4.96. The SMILES string of the molecule is CCCCCCCCOC(=O)C1C(C)CCC(CC)C1C(=O)OCCCCCCCC. The summed E-state index contributed by atoms with van der Waals surface area (Å²) in [5.74, 6) is -0.651. The number of ether oxygens (including phenoxy) is 2. The largest absolute Gasteiger partial charge is 0.465 e. The van der Waals surface area contributed by atoms with Gasteiger partial charge in [0, 0.05) is 0 Å². The predicted octanol–water partition coefficient (Wildman–Crippen LogP) is 7.48. The summed E-state index contributed by atoms with van der Waals surface area (Å²) in [4.78, 5) is 26.0. The van der Waals surface area contributed by atoms with E-state index in [-0.39, 0.29) is 35.6 Å². The number of rotatable bonds is 17. The number of carbonyl (C=O) groups is 2. The minimum Gasteiger partial charge on any atom is -0.465 e. The van der Waals surface area contributed by atoms with Gasteiger partial charge in [-0.15, -0.1) is 0 Å². The summed E-state index contributed by atoms with van der Waals surface area (Å²) < 4.78 is 11.3. The molecule has 4 atom stereocenters. The van der Waals surface area contributed by atoms with Crippen molar-refractivity contribution in [3.05, 3.63) is 0 Å². The Bertz CT molecular complexity index is 476. The fraction of sp³-hybridized carbons (Fsp3) is 0.926. The van der Waals surface area contributed by atoms with E-state index in [1.165, 1.54) is 51.4 Å². The average Bonchev–Trinajstić information content (AvgIpc) is 2.77. The second-order valence-corrected chi connectivity index (χ2v) is 9.65. The average molecular weight is 439 g/mol. The molecule has 1 rings (SSSR count). The standard InChI is InChI=1S/C27H50O4/c1-5-8-10-12-14-16-20-30-26(28)24-22(4)18-19-23(7-3)25(24)27(29)31-21-17-15-13-11-9-6-2/h22-25H,5-21H2,1-4H3. The summed E-state index contributed by atoms with van der Waals surface area (Å²) in [6.07, 6.45) is 16.9. The molecule has 0 saturated heterocycles. The number of esters is 2. The minimum absolute atomic E-state index is 0.173. The molecular weight excluding hydrogens is 388 g/mol. The van der Waals surface area contributed by atoms with Gasteiger partial charge in [0.1, 0.15) is 0 Å². The quantitative estimate of drug-likeness (QED) is 0.174. The van der Waals surface area contributed by atoms with Crippen LogP contribution in [0.3, 0.4) is 0 Å². The Morgan fingerprint density at radius 2 is 1.10 bits per heavy atom. The minimum atomic E-state index is -0.351. The Labute approximate surface area is 192 Å². The van der Waals surface area contributed by atoms with E-state index in [2.05, 4.69) is 27.7 Å². The molecule has 0 N–H and O–H groups in total. The van der Waals surface area contributed by atoms with E-state index in [1.807, 2.05) is 0 Å². The molecule has 1 aliphatic carbocycles. The monoisotopic (exact) mass is 438 g/mol. The Morgan fingerprint density at radius 1 is 0.645 bits per heavy atom. The van der Waals surface area contributed by atoms with Gasteiger partial charge in [-0.05, 0) is 37.5 Å². The van der Waals surface area contributed by atoms with Crippen LogP contribution in [0.2, 0.25) is 0 Å². The van der Waals surface area contributed by atoms with Gasteiger partial charge in [-0.1, -0.05) is 98.3 Å². The molecule has 0 bridgehead atoms. The van der Waals surface area contributed by atoms with Crippen LogP contribution in [0.25, 0.3) is 0 Å². The van der Waals surface area contributed by atoms with Crippen molar-refractivity contribution in [2.45, 2.75) is 124 Å². The zero-order valence-corrected chi connectivity index (χ0v) is 21.0. The van der Waals surface area contributed by atoms with E-state index in [9.17, 15) is 9.59 Å². The highest BCUT2D eigenvalue weighted by molar-refractivity contribution is 5.83. The highest BCUT2D eigenvalue weighted by Crippen LogP contribution is 2.41. The van der Waals surface area contributed by atoms with Crippen LogP contribution in [-0.4, -0.2) is 25.2 Å². The van der Waals surface area contributed by atoms with Crippen molar-refractivity contribution in [1.29, 1.82) is 0 Å². The topological polar surface area (TPSA) is 52.6 Å². The van der Waals surface area contributed by atoms with Gasteiger partial charge >= 0.3 is 11.9 Å². The Balaban J connectivity index is 2.51. The lowest BCUT2D eigenvalue weighted by atomic mass is 9.66. The van der Waals surface area contributed by atoms with Crippen molar-refractivity contribution in [2.24, 2.45) is 23.7 Å². The first-order valence-electron chi connectivity index (χ1n) is 13.4. The third-order valence-corrected chi connectivity index (χ3v) is 7.05. The maximum absolute atomic E-state index is 13.0. The van der Waals surface area contributed by atoms with Crippen molar-refractivity contribution in [2.75, 3.05) is 13.2 Å². The maximum atomic E-state index is 13.0. The van der Waals surface area contributed by atoms with Crippen LogP contribution >= 0.6 is 0 Å². The van der Waals surface area contributed by atoms with Gasteiger partial charge in [0.15, 0.2) is 0 Å². The van der Waals surface area contributed by atoms with Crippen LogP contribution in [0.15, 0.2) is 0 Å². The van der Waals surface area contributed by atoms with Gasteiger partial charge in [0.25, 0.3) is 0 Å². The number of hydrogen-bond donors (Lipinski definition) is 0. The first-order valence-corrected chi connectivity index (χ1v) is 13.4. The summed E-state index contributed by atoms with van der Waals surface area (Å²) in [6.45, 7) is 9.60. The predicted molar refractivity (Wildman–Crippen MR) is 128 cm³/mol. The molecule has 0 amide bonds. The van der Waals surface area contributed by atoms with E-state index in [0.717, 1.165) is 44.9 Å². The van der Waals surface area contributed by atoms with Crippen molar-refractivity contribution in [3.8, 4) is 0 Å². The molecule has 0 aromatic rings. The van der Waals surface area contributed by atoms with Crippen molar-refractivity contribution in [1.82, 2.24) is 0 Å². The molecule has 1 saturated carbocycles. The lowest BCUT2D eigenvalue weighted by Crippen LogP contribution is -2.44. The molecular formula is C27H50O4. The van der Waals surface area contributed by atoms with Gasteiger partial charge < -0.3 is 9.47 Å². The first-order chi connectivity index (χ1) is 15.1. The highest BCUT2D eigenvalue weighted by Gasteiger charge is 2.46. The zero-order chi connectivity index (χ0) is 22.9. The van der Waals surface area contributed by atoms with Crippen molar-refractivity contribution < 1.29 is 19.1 Å². The van der Waals surface area contributed by atoms with Crippen LogP contribution in [0.5, 0.6) is 0 Å². The van der Waals surface area contributed by atoms with Crippen LogP contribution in [0, 0.1) is 23.7 Å². The first kappa shape index (κ1) is 28.0. The molecule has 0 aromatic heterocycles. The maximum Gasteiger partial charge on any atom is 0.310 e. The normalized spacial score (nSPS) is 23.5. The van der Waals surface area contributed by atoms with Crippen LogP contribution in [-0.2, 0) is 19.1 Å². The summed E-state index contributed by atoms with van der Waals surface area (Å²) in [5.41, 5.74) is 0. The van der Waals surface area contributed by atoms with E-state index >= 15 is 0 Å². The fourth-order valence-electron chi connectivity index (χ4n) is 4.96. The summed E-state index contributed by atoms with van der Waals surface area (Å²) in [6, 6.07) is 0. The zero-order valence-electron chi connectivity index (χ0n) is 21.0. The van der Waals surface area contributed by atoms with Gasteiger partial charge in [-0.3, -0.25) is 9.59 Å². The molecule has 4 unspecified atom stereocenters. The van der Waals surface area contributed by atoms with Crippen LogP contribution in [0.1, 0.15) is 124 Å². The molecule has 1 fully saturated rings. The second kappa shape index (κ2) is 17.5. The molecule has 31 heavy (non-hydrogen) atoms.